The van der Waals surface area contributed by atoms with E-state index < -0.39 is 15.8 Å². The van der Waals surface area contributed by atoms with Crippen molar-refractivity contribution in [2.45, 2.75) is 11.6 Å². The Balaban J connectivity index is 2.06. The van der Waals surface area contributed by atoms with Crippen LogP contribution in [0.4, 0.5) is 10.1 Å². The third-order valence-electron chi connectivity index (χ3n) is 2.30. The Labute approximate surface area is 114 Å². The van der Waals surface area contributed by atoms with Gasteiger partial charge < -0.3 is 9.73 Å². The molecule has 102 valence electrons. The van der Waals surface area contributed by atoms with Gasteiger partial charge in [0.1, 0.15) is 11.6 Å². The van der Waals surface area contributed by atoms with Gasteiger partial charge in [-0.05, 0) is 30.3 Å². The van der Waals surface area contributed by atoms with Crippen molar-refractivity contribution in [2.24, 2.45) is 5.14 Å². The Morgan fingerprint density at radius 1 is 1.32 bits per heavy atom. The van der Waals surface area contributed by atoms with Crippen LogP contribution in [0.5, 0.6) is 0 Å². The highest BCUT2D eigenvalue weighted by atomic mass is 35.5. The van der Waals surface area contributed by atoms with Crippen LogP contribution < -0.4 is 10.5 Å². The smallest absolute Gasteiger partial charge is 0.271 e. The fraction of sp³-hybridized carbons (Fsp3) is 0.0909. The molecule has 0 aliphatic carbocycles. The molecule has 0 spiro atoms. The summed E-state index contributed by atoms with van der Waals surface area (Å²) in [5.74, 6) is -0.133. The minimum absolute atomic E-state index is 0.00494. The number of rotatable bonds is 4. The van der Waals surface area contributed by atoms with Crippen LogP contribution in [0, 0.1) is 5.82 Å². The summed E-state index contributed by atoms with van der Waals surface area (Å²) in [5, 5.41) is 7.52. The summed E-state index contributed by atoms with van der Waals surface area (Å²) in [4.78, 5) is 0. The number of nitrogens with two attached hydrogens (primary N) is 1. The fourth-order valence-electron chi connectivity index (χ4n) is 1.40. The number of primary sulfonamides is 1. The molecule has 1 aromatic carbocycles. The van der Waals surface area contributed by atoms with Gasteiger partial charge in [0.15, 0.2) is 0 Å². The lowest BCUT2D eigenvalue weighted by Crippen LogP contribution is -2.10. The van der Waals surface area contributed by atoms with E-state index in [1.165, 1.54) is 30.3 Å². The summed E-state index contributed by atoms with van der Waals surface area (Å²) < 4.78 is 40.0. The van der Waals surface area contributed by atoms with Gasteiger partial charge in [0.25, 0.3) is 10.0 Å². The van der Waals surface area contributed by atoms with Gasteiger partial charge in [0, 0.05) is 5.69 Å². The van der Waals surface area contributed by atoms with Gasteiger partial charge >= 0.3 is 0 Å². The van der Waals surface area contributed by atoms with E-state index in [1.54, 1.807) is 0 Å². The van der Waals surface area contributed by atoms with Crippen LogP contribution in [0.3, 0.4) is 0 Å². The molecule has 0 aliphatic heterocycles. The van der Waals surface area contributed by atoms with Gasteiger partial charge in [-0.1, -0.05) is 11.6 Å². The average molecular weight is 305 g/mol. The number of sulfonamides is 1. The van der Waals surface area contributed by atoms with E-state index in [4.69, 9.17) is 21.2 Å². The molecule has 1 heterocycles. The summed E-state index contributed by atoms with van der Waals surface area (Å²) in [6.45, 7) is 0.220. The van der Waals surface area contributed by atoms with Gasteiger partial charge in [-0.15, -0.1) is 0 Å². The molecule has 8 heteroatoms. The van der Waals surface area contributed by atoms with E-state index >= 15 is 0 Å². The number of furan rings is 1. The molecular formula is C11H10ClFN2O3S. The van der Waals surface area contributed by atoms with E-state index in [9.17, 15) is 12.8 Å². The maximum atomic E-state index is 12.9. The maximum absolute atomic E-state index is 12.9. The van der Waals surface area contributed by atoms with Crippen LogP contribution >= 0.6 is 11.6 Å². The Kier molecular flexibility index (Phi) is 3.79. The van der Waals surface area contributed by atoms with Crippen molar-refractivity contribution in [3.8, 4) is 0 Å². The number of benzene rings is 1. The molecular weight excluding hydrogens is 295 g/mol. The molecule has 0 atom stereocenters. The first-order chi connectivity index (χ1) is 8.86. The minimum Gasteiger partial charge on any atom is -0.446 e. The molecule has 0 bridgehead atoms. The van der Waals surface area contributed by atoms with Gasteiger partial charge in [0.05, 0.1) is 11.6 Å². The second-order valence-corrected chi connectivity index (χ2v) is 5.65. The van der Waals surface area contributed by atoms with Crippen LogP contribution in [0.2, 0.25) is 5.02 Å². The first-order valence-electron chi connectivity index (χ1n) is 5.17. The number of anilines is 1. The molecule has 19 heavy (non-hydrogen) atoms. The Morgan fingerprint density at radius 3 is 2.63 bits per heavy atom. The predicted molar refractivity (Wildman–Crippen MR) is 68.8 cm³/mol. The first-order valence-corrected chi connectivity index (χ1v) is 7.09. The van der Waals surface area contributed by atoms with Gasteiger partial charge in [0.2, 0.25) is 5.09 Å². The number of halogens is 2. The van der Waals surface area contributed by atoms with Crippen molar-refractivity contribution >= 4 is 27.3 Å². The van der Waals surface area contributed by atoms with Gasteiger partial charge in [-0.2, -0.15) is 0 Å². The van der Waals surface area contributed by atoms with Crippen LogP contribution in [0.25, 0.3) is 0 Å². The molecule has 0 radical (unpaired) electrons. The quantitative estimate of drug-likeness (QED) is 0.908. The third-order valence-corrected chi connectivity index (χ3v) is 3.37. The van der Waals surface area contributed by atoms with Crippen molar-refractivity contribution in [2.75, 3.05) is 5.32 Å². The molecule has 0 amide bonds. The molecule has 3 N–H and O–H groups in total. The Morgan fingerprint density at radius 2 is 2.05 bits per heavy atom. The molecule has 2 rings (SSSR count). The molecule has 0 unspecified atom stereocenters. The zero-order valence-electron chi connectivity index (χ0n) is 9.56. The number of hydrogen-bond acceptors (Lipinski definition) is 4. The van der Waals surface area contributed by atoms with Crippen molar-refractivity contribution < 1.29 is 17.2 Å². The molecule has 0 saturated heterocycles. The SMILES string of the molecule is NS(=O)(=O)c1ccc(CNc2ccc(F)c(Cl)c2)o1. The topological polar surface area (TPSA) is 85.3 Å². The molecule has 0 aliphatic rings. The highest BCUT2D eigenvalue weighted by Crippen LogP contribution is 2.20. The molecule has 1 aromatic heterocycles. The third kappa shape index (κ3) is 3.46. The van der Waals surface area contributed by atoms with Crippen LogP contribution in [0.15, 0.2) is 39.8 Å². The van der Waals surface area contributed by atoms with Crippen molar-refractivity contribution in [1.82, 2.24) is 0 Å². The summed E-state index contributed by atoms with van der Waals surface area (Å²) in [6.07, 6.45) is 0. The normalized spacial score (nSPS) is 11.5. The van der Waals surface area contributed by atoms with Gasteiger partial charge in [-0.3, -0.25) is 0 Å². The van der Waals surface area contributed by atoms with E-state index in [-0.39, 0.29) is 16.7 Å². The fourth-order valence-corrected chi connectivity index (χ4v) is 2.06. The van der Waals surface area contributed by atoms with Gasteiger partial charge in [-0.25, -0.2) is 17.9 Å². The second-order valence-electron chi connectivity index (χ2n) is 3.75. The van der Waals surface area contributed by atoms with E-state index in [2.05, 4.69) is 5.32 Å². The lowest BCUT2D eigenvalue weighted by Gasteiger charge is -2.05. The zero-order valence-corrected chi connectivity index (χ0v) is 11.1. The summed E-state index contributed by atoms with van der Waals surface area (Å²) >= 11 is 5.63. The predicted octanol–water partition coefficient (Wildman–Crippen LogP) is 2.33. The average Bonchev–Trinajstić information content (AvgIpc) is 2.79. The standard InChI is InChI=1S/C11H10ClFN2O3S/c12-9-5-7(1-3-10(9)13)15-6-8-2-4-11(18-8)19(14,16)17/h1-5,15H,6H2,(H2,14,16,17). The largest absolute Gasteiger partial charge is 0.446 e. The lowest BCUT2D eigenvalue weighted by molar-refractivity contribution is 0.419. The van der Waals surface area contributed by atoms with Crippen LogP contribution in [-0.4, -0.2) is 8.42 Å². The van der Waals surface area contributed by atoms with Crippen molar-refractivity contribution in [3.05, 3.63) is 46.9 Å². The van der Waals surface area contributed by atoms with Crippen LogP contribution in [0.1, 0.15) is 5.76 Å². The molecule has 2 aromatic rings. The van der Waals surface area contributed by atoms with Crippen molar-refractivity contribution in [1.29, 1.82) is 0 Å². The zero-order chi connectivity index (χ0) is 14.0. The maximum Gasteiger partial charge on any atom is 0.271 e. The highest BCUT2D eigenvalue weighted by molar-refractivity contribution is 7.89. The summed E-state index contributed by atoms with van der Waals surface area (Å²) in [5.41, 5.74) is 0.583. The van der Waals surface area contributed by atoms with Crippen LogP contribution in [-0.2, 0) is 16.6 Å². The number of nitrogens with one attached hydrogen (secondary N) is 1. The monoisotopic (exact) mass is 304 g/mol. The van der Waals surface area contributed by atoms with E-state index in [1.807, 2.05) is 0 Å². The molecule has 0 saturated carbocycles. The van der Waals surface area contributed by atoms with E-state index in [0.717, 1.165) is 0 Å². The lowest BCUT2D eigenvalue weighted by atomic mass is 10.3. The molecule has 0 fully saturated rings. The first kappa shape index (κ1) is 13.9. The summed E-state index contributed by atoms with van der Waals surface area (Å²) in [7, 11) is -3.84. The van der Waals surface area contributed by atoms with E-state index in [0.29, 0.717) is 11.4 Å². The number of hydrogen-bond donors (Lipinski definition) is 2. The highest BCUT2D eigenvalue weighted by Gasteiger charge is 2.13. The molecule has 5 nitrogen and oxygen atoms in total. The summed E-state index contributed by atoms with van der Waals surface area (Å²) in [6, 6.07) is 6.90. The van der Waals surface area contributed by atoms with Crippen molar-refractivity contribution in [3.63, 3.8) is 0 Å². The second kappa shape index (κ2) is 5.20. The minimum atomic E-state index is -3.84. The Bertz CT molecular complexity index is 700. The Hall–Kier alpha value is -1.57.